The lowest BCUT2D eigenvalue weighted by Crippen LogP contribution is -2.12. The second kappa shape index (κ2) is 4.69. The molecule has 1 unspecified atom stereocenters. The molecule has 0 fully saturated rings. The molecule has 1 aromatic heterocycles. The van der Waals surface area contributed by atoms with Crippen LogP contribution < -0.4 is 16.8 Å². The summed E-state index contributed by atoms with van der Waals surface area (Å²) in [5.74, 6) is -0.123. The molecule has 0 radical (unpaired) electrons. The number of benzene rings is 1. The Hall–Kier alpha value is -2.02. The van der Waals surface area contributed by atoms with Crippen molar-refractivity contribution in [3.8, 4) is 0 Å². The Bertz CT molecular complexity index is 556. The van der Waals surface area contributed by atoms with Crippen LogP contribution in [0.3, 0.4) is 0 Å². The third-order valence-corrected chi connectivity index (χ3v) is 2.85. The zero-order valence-corrected chi connectivity index (χ0v) is 10.3. The fourth-order valence-electron chi connectivity index (χ4n) is 1.52. The summed E-state index contributed by atoms with van der Waals surface area (Å²) in [6.45, 7) is 1.78. The Balaban J connectivity index is 2.32. The number of hydrogen-bond acceptors (Lipinski definition) is 5. The molecule has 0 amide bonds. The van der Waals surface area contributed by atoms with E-state index in [1.807, 2.05) is 0 Å². The standard InChI is InChI=1S/C10H12ClFN6/c1-4(10-15-3-16-18-10)17-9-6(14)2-5(13)7(11)8(9)12/h2-4,17H,13-14H2,1H3,(H,15,16,18). The number of nitrogens with one attached hydrogen (secondary N) is 2. The molecular weight excluding hydrogens is 259 g/mol. The van der Waals surface area contributed by atoms with E-state index in [0.717, 1.165) is 0 Å². The second-order valence-electron chi connectivity index (χ2n) is 3.79. The van der Waals surface area contributed by atoms with Crippen LogP contribution in [-0.2, 0) is 0 Å². The summed E-state index contributed by atoms with van der Waals surface area (Å²) >= 11 is 5.73. The van der Waals surface area contributed by atoms with Gasteiger partial charge in [0.15, 0.2) is 5.82 Å². The van der Waals surface area contributed by atoms with Crippen molar-refractivity contribution in [2.75, 3.05) is 16.8 Å². The quantitative estimate of drug-likeness (QED) is 0.638. The maximum Gasteiger partial charge on any atom is 0.169 e. The summed E-state index contributed by atoms with van der Waals surface area (Å²) < 4.78 is 13.9. The van der Waals surface area contributed by atoms with E-state index in [0.29, 0.717) is 5.82 Å². The third kappa shape index (κ3) is 2.17. The van der Waals surface area contributed by atoms with E-state index in [1.165, 1.54) is 12.4 Å². The minimum absolute atomic E-state index is 0.0955. The highest BCUT2D eigenvalue weighted by Crippen LogP contribution is 2.35. The summed E-state index contributed by atoms with van der Waals surface area (Å²) in [4.78, 5) is 3.96. The highest BCUT2D eigenvalue weighted by Gasteiger charge is 2.17. The third-order valence-electron chi connectivity index (χ3n) is 2.47. The van der Waals surface area contributed by atoms with Gasteiger partial charge in [0.1, 0.15) is 17.2 Å². The Morgan fingerprint density at radius 1 is 1.44 bits per heavy atom. The average Bonchev–Trinajstić information content (AvgIpc) is 2.85. The molecule has 0 bridgehead atoms. The van der Waals surface area contributed by atoms with Crippen LogP contribution in [0.25, 0.3) is 0 Å². The van der Waals surface area contributed by atoms with E-state index in [4.69, 9.17) is 23.1 Å². The largest absolute Gasteiger partial charge is 0.397 e. The molecule has 0 aliphatic carbocycles. The van der Waals surface area contributed by atoms with Gasteiger partial charge in [0.05, 0.1) is 23.1 Å². The molecule has 1 heterocycles. The van der Waals surface area contributed by atoms with E-state index >= 15 is 0 Å². The first-order valence-corrected chi connectivity index (χ1v) is 5.53. The number of anilines is 3. The van der Waals surface area contributed by atoms with Gasteiger partial charge in [-0.3, -0.25) is 5.10 Å². The van der Waals surface area contributed by atoms with Gasteiger partial charge in [-0.25, -0.2) is 9.37 Å². The van der Waals surface area contributed by atoms with Crippen molar-refractivity contribution in [2.24, 2.45) is 0 Å². The molecule has 1 atom stereocenters. The van der Waals surface area contributed by atoms with E-state index < -0.39 is 5.82 Å². The summed E-state index contributed by atoms with van der Waals surface area (Å²) in [6.07, 6.45) is 1.36. The molecule has 0 aliphatic rings. The number of hydrogen-bond donors (Lipinski definition) is 4. The van der Waals surface area contributed by atoms with Crippen LogP contribution in [0.15, 0.2) is 12.4 Å². The zero-order valence-electron chi connectivity index (χ0n) is 9.54. The summed E-state index contributed by atoms with van der Waals surface area (Å²) in [6, 6.07) is 1.10. The number of halogens is 2. The SMILES string of the molecule is CC(Nc1c(N)cc(N)c(Cl)c1F)c1ncn[nH]1. The van der Waals surface area contributed by atoms with Crippen molar-refractivity contribution in [1.29, 1.82) is 0 Å². The average molecular weight is 271 g/mol. The molecule has 0 saturated carbocycles. The molecule has 18 heavy (non-hydrogen) atoms. The predicted molar refractivity (Wildman–Crippen MR) is 68.7 cm³/mol. The highest BCUT2D eigenvalue weighted by molar-refractivity contribution is 6.33. The van der Waals surface area contributed by atoms with Gasteiger partial charge >= 0.3 is 0 Å². The van der Waals surface area contributed by atoms with Gasteiger partial charge in [0.2, 0.25) is 0 Å². The number of aromatic nitrogens is 3. The molecule has 96 valence electrons. The van der Waals surface area contributed by atoms with Crippen molar-refractivity contribution in [3.63, 3.8) is 0 Å². The number of nitrogens with two attached hydrogens (primary N) is 2. The summed E-state index contributed by atoms with van der Waals surface area (Å²) in [5, 5.41) is 9.11. The second-order valence-corrected chi connectivity index (χ2v) is 4.17. The molecule has 0 aliphatic heterocycles. The number of rotatable bonds is 3. The molecule has 1 aromatic carbocycles. The van der Waals surface area contributed by atoms with Crippen LogP contribution in [0.4, 0.5) is 21.5 Å². The van der Waals surface area contributed by atoms with Crippen LogP contribution in [0, 0.1) is 5.82 Å². The van der Waals surface area contributed by atoms with Crippen molar-refractivity contribution in [2.45, 2.75) is 13.0 Å². The molecule has 6 N–H and O–H groups in total. The first kappa shape index (κ1) is 12.4. The van der Waals surface area contributed by atoms with Gasteiger partial charge in [0, 0.05) is 0 Å². The van der Waals surface area contributed by atoms with E-state index in [9.17, 15) is 4.39 Å². The lowest BCUT2D eigenvalue weighted by Gasteiger charge is -2.16. The fourth-order valence-corrected chi connectivity index (χ4v) is 1.67. The zero-order chi connectivity index (χ0) is 13.3. The first-order chi connectivity index (χ1) is 8.50. The maximum absolute atomic E-state index is 13.9. The first-order valence-electron chi connectivity index (χ1n) is 5.15. The molecule has 8 heteroatoms. The topological polar surface area (TPSA) is 106 Å². The molecule has 2 rings (SSSR count). The lowest BCUT2D eigenvalue weighted by molar-refractivity contribution is 0.628. The smallest absolute Gasteiger partial charge is 0.169 e. The number of aromatic amines is 1. The maximum atomic E-state index is 13.9. The van der Waals surface area contributed by atoms with Gasteiger partial charge in [0.25, 0.3) is 0 Å². The summed E-state index contributed by atoms with van der Waals surface area (Å²) in [7, 11) is 0. The Morgan fingerprint density at radius 3 is 2.78 bits per heavy atom. The van der Waals surface area contributed by atoms with Crippen LogP contribution in [0.2, 0.25) is 5.02 Å². The predicted octanol–water partition coefficient (Wildman–Crippen LogP) is 1.93. The van der Waals surface area contributed by atoms with Crippen molar-refractivity contribution in [3.05, 3.63) is 29.1 Å². The van der Waals surface area contributed by atoms with Gasteiger partial charge in [-0.05, 0) is 13.0 Å². The summed E-state index contributed by atoms with van der Waals surface area (Å²) in [5.41, 5.74) is 11.6. The minimum atomic E-state index is -0.680. The van der Waals surface area contributed by atoms with E-state index in [1.54, 1.807) is 6.92 Å². The number of nitrogens with zero attached hydrogens (tertiary/aromatic N) is 2. The normalized spacial score (nSPS) is 12.4. The van der Waals surface area contributed by atoms with Gasteiger partial charge in [-0.2, -0.15) is 5.10 Å². The highest BCUT2D eigenvalue weighted by atomic mass is 35.5. The van der Waals surface area contributed by atoms with E-state index in [-0.39, 0.29) is 28.1 Å². The van der Waals surface area contributed by atoms with Crippen molar-refractivity contribution < 1.29 is 4.39 Å². The lowest BCUT2D eigenvalue weighted by atomic mass is 10.2. The fraction of sp³-hybridized carbons (Fsp3) is 0.200. The Kier molecular flexibility index (Phi) is 3.24. The van der Waals surface area contributed by atoms with Gasteiger partial charge in [-0.15, -0.1) is 0 Å². The van der Waals surface area contributed by atoms with Crippen LogP contribution in [0.5, 0.6) is 0 Å². The van der Waals surface area contributed by atoms with Crippen LogP contribution in [-0.4, -0.2) is 15.2 Å². The monoisotopic (exact) mass is 270 g/mol. The molecule has 0 spiro atoms. The Labute approximate surface area is 108 Å². The molecule has 6 nitrogen and oxygen atoms in total. The van der Waals surface area contributed by atoms with E-state index in [2.05, 4.69) is 20.5 Å². The van der Waals surface area contributed by atoms with Gasteiger partial charge < -0.3 is 16.8 Å². The molecular formula is C10H12ClFN6. The number of nitrogen functional groups attached to an aromatic ring is 2. The molecule has 2 aromatic rings. The Morgan fingerprint density at radius 2 is 2.17 bits per heavy atom. The van der Waals surface area contributed by atoms with Crippen molar-refractivity contribution in [1.82, 2.24) is 15.2 Å². The van der Waals surface area contributed by atoms with Gasteiger partial charge in [-0.1, -0.05) is 11.6 Å². The number of H-pyrrole nitrogens is 1. The minimum Gasteiger partial charge on any atom is -0.397 e. The van der Waals surface area contributed by atoms with Crippen LogP contribution in [0.1, 0.15) is 18.8 Å². The van der Waals surface area contributed by atoms with Crippen molar-refractivity contribution >= 4 is 28.7 Å². The van der Waals surface area contributed by atoms with Crippen LogP contribution >= 0.6 is 11.6 Å². The molecule has 0 saturated heterocycles.